The maximum Gasteiger partial charge on any atom is 0.0953 e. The Labute approximate surface area is 78.9 Å². The Hall–Kier alpha value is -0.860. The Balaban J connectivity index is 2.08. The Morgan fingerprint density at radius 3 is 2.69 bits per heavy atom. The normalized spacial score (nSPS) is 28.7. The molecule has 13 heavy (non-hydrogen) atoms. The van der Waals surface area contributed by atoms with Gasteiger partial charge >= 0.3 is 0 Å². The second kappa shape index (κ2) is 3.90. The van der Waals surface area contributed by atoms with Crippen LogP contribution < -0.4 is 5.32 Å². The van der Waals surface area contributed by atoms with E-state index in [2.05, 4.69) is 36.5 Å². The van der Waals surface area contributed by atoms with E-state index in [4.69, 9.17) is 4.74 Å². The Bertz CT molecular complexity index is 260. The van der Waals surface area contributed by atoms with Crippen molar-refractivity contribution < 1.29 is 4.74 Å². The Morgan fingerprint density at radius 1 is 1.23 bits per heavy atom. The standard InChI is InChI=1S/C11H15NO/c1-9-7-12-8-11(13-9)10-5-3-2-4-6-10/h2-6,9,11-12H,7-8H2,1H3/t9-,11+/m0/s1. The van der Waals surface area contributed by atoms with Gasteiger partial charge < -0.3 is 10.1 Å². The summed E-state index contributed by atoms with van der Waals surface area (Å²) in [6.45, 7) is 3.99. The second-order valence-electron chi connectivity index (χ2n) is 3.50. The van der Waals surface area contributed by atoms with Crippen LogP contribution in [-0.2, 0) is 4.74 Å². The third-order valence-corrected chi connectivity index (χ3v) is 2.33. The average molecular weight is 177 g/mol. The van der Waals surface area contributed by atoms with Crippen molar-refractivity contribution in [2.45, 2.75) is 19.1 Å². The Morgan fingerprint density at radius 2 is 2.00 bits per heavy atom. The Kier molecular flexibility index (Phi) is 2.62. The van der Waals surface area contributed by atoms with Gasteiger partial charge in [0, 0.05) is 13.1 Å². The fourth-order valence-corrected chi connectivity index (χ4v) is 1.66. The monoisotopic (exact) mass is 177 g/mol. The van der Waals surface area contributed by atoms with E-state index < -0.39 is 0 Å². The summed E-state index contributed by atoms with van der Waals surface area (Å²) in [5, 5.41) is 3.36. The van der Waals surface area contributed by atoms with Gasteiger partial charge in [0.25, 0.3) is 0 Å². The number of hydrogen-bond acceptors (Lipinski definition) is 2. The lowest BCUT2D eigenvalue weighted by atomic mass is 10.1. The molecular formula is C11H15NO. The average Bonchev–Trinajstić information content (AvgIpc) is 2.19. The first-order chi connectivity index (χ1) is 6.36. The molecular weight excluding hydrogens is 162 g/mol. The van der Waals surface area contributed by atoms with Crippen molar-refractivity contribution in [2.75, 3.05) is 13.1 Å². The number of morpholine rings is 1. The molecule has 1 aromatic carbocycles. The van der Waals surface area contributed by atoms with Gasteiger partial charge in [-0.15, -0.1) is 0 Å². The lowest BCUT2D eigenvalue weighted by Gasteiger charge is -2.28. The van der Waals surface area contributed by atoms with E-state index in [9.17, 15) is 0 Å². The molecule has 1 saturated heterocycles. The van der Waals surface area contributed by atoms with Gasteiger partial charge in [-0.25, -0.2) is 0 Å². The van der Waals surface area contributed by atoms with Crippen molar-refractivity contribution in [1.82, 2.24) is 5.32 Å². The summed E-state index contributed by atoms with van der Waals surface area (Å²) in [4.78, 5) is 0. The van der Waals surface area contributed by atoms with Crippen LogP contribution in [0.3, 0.4) is 0 Å². The van der Waals surface area contributed by atoms with E-state index in [1.807, 2.05) is 6.07 Å². The molecule has 2 rings (SSSR count). The molecule has 2 nitrogen and oxygen atoms in total. The van der Waals surface area contributed by atoms with E-state index in [0.29, 0.717) is 6.10 Å². The van der Waals surface area contributed by atoms with Crippen LogP contribution in [0.4, 0.5) is 0 Å². The van der Waals surface area contributed by atoms with Crippen LogP contribution in [0.25, 0.3) is 0 Å². The molecule has 0 radical (unpaired) electrons. The van der Waals surface area contributed by atoms with Gasteiger partial charge in [0.2, 0.25) is 0 Å². The van der Waals surface area contributed by atoms with Crippen molar-refractivity contribution in [3.8, 4) is 0 Å². The van der Waals surface area contributed by atoms with Crippen molar-refractivity contribution in [1.29, 1.82) is 0 Å². The zero-order valence-corrected chi connectivity index (χ0v) is 7.86. The summed E-state index contributed by atoms with van der Waals surface area (Å²) in [5.74, 6) is 0. The maximum atomic E-state index is 5.81. The molecule has 0 unspecified atom stereocenters. The van der Waals surface area contributed by atoms with Crippen LogP contribution in [0.5, 0.6) is 0 Å². The van der Waals surface area contributed by atoms with E-state index in [1.165, 1.54) is 5.56 Å². The van der Waals surface area contributed by atoms with Crippen LogP contribution >= 0.6 is 0 Å². The molecule has 0 saturated carbocycles. The fourth-order valence-electron chi connectivity index (χ4n) is 1.66. The van der Waals surface area contributed by atoms with Crippen LogP contribution in [-0.4, -0.2) is 19.2 Å². The molecule has 1 N–H and O–H groups in total. The van der Waals surface area contributed by atoms with Gasteiger partial charge in [-0.1, -0.05) is 30.3 Å². The molecule has 1 aliphatic heterocycles. The summed E-state index contributed by atoms with van der Waals surface area (Å²) >= 11 is 0. The first-order valence-electron chi connectivity index (χ1n) is 4.77. The summed E-state index contributed by atoms with van der Waals surface area (Å²) < 4.78 is 5.81. The van der Waals surface area contributed by atoms with Crippen LogP contribution in [0, 0.1) is 0 Å². The van der Waals surface area contributed by atoms with Crippen molar-refractivity contribution in [3.05, 3.63) is 35.9 Å². The first-order valence-corrected chi connectivity index (χ1v) is 4.77. The third-order valence-electron chi connectivity index (χ3n) is 2.33. The van der Waals surface area contributed by atoms with Crippen LogP contribution in [0.15, 0.2) is 30.3 Å². The smallest absolute Gasteiger partial charge is 0.0953 e. The molecule has 0 amide bonds. The van der Waals surface area contributed by atoms with E-state index in [0.717, 1.165) is 13.1 Å². The highest BCUT2D eigenvalue weighted by Crippen LogP contribution is 2.20. The van der Waals surface area contributed by atoms with Crippen molar-refractivity contribution in [3.63, 3.8) is 0 Å². The fraction of sp³-hybridized carbons (Fsp3) is 0.455. The summed E-state index contributed by atoms with van der Waals surface area (Å²) in [7, 11) is 0. The quantitative estimate of drug-likeness (QED) is 0.705. The maximum absolute atomic E-state index is 5.81. The largest absolute Gasteiger partial charge is 0.368 e. The molecule has 0 spiro atoms. The highest BCUT2D eigenvalue weighted by molar-refractivity contribution is 5.18. The topological polar surface area (TPSA) is 21.3 Å². The van der Waals surface area contributed by atoms with Crippen LogP contribution in [0.2, 0.25) is 0 Å². The zero-order chi connectivity index (χ0) is 9.10. The van der Waals surface area contributed by atoms with Gasteiger partial charge in [-0.3, -0.25) is 0 Å². The highest BCUT2D eigenvalue weighted by atomic mass is 16.5. The number of nitrogens with one attached hydrogen (secondary N) is 1. The molecule has 0 aliphatic carbocycles. The lowest BCUT2D eigenvalue weighted by Crippen LogP contribution is -2.38. The first kappa shape index (κ1) is 8.73. The number of benzene rings is 1. The molecule has 2 heteroatoms. The molecule has 1 aromatic rings. The third kappa shape index (κ3) is 2.08. The molecule has 1 fully saturated rings. The zero-order valence-electron chi connectivity index (χ0n) is 7.86. The summed E-state index contributed by atoms with van der Waals surface area (Å²) in [6, 6.07) is 10.4. The van der Waals surface area contributed by atoms with Gasteiger partial charge in [-0.05, 0) is 12.5 Å². The van der Waals surface area contributed by atoms with E-state index >= 15 is 0 Å². The lowest BCUT2D eigenvalue weighted by molar-refractivity contribution is -0.0287. The molecule has 1 heterocycles. The van der Waals surface area contributed by atoms with Gasteiger partial charge in [-0.2, -0.15) is 0 Å². The molecule has 2 atom stereocenters. The minimum Gasteiger partial charge on any atom is -0.368 e. The van der Waals surface area contributed by atoms with Gasteiger partial charge in [0.05, 0.1) is 12.2 Å². The number of ether oxygens (including phenoxy) is 1. The minimum atomic E-state index is 0.227. The number of hydrogen-bond donors (Lipinski definition) is 1. The predicted octanol–water partition coefficient (Wildman–Crippen LogP) is 1.74. The van der Waals surface area contributed by atoms with Gasteiger partial charge in [0.15, 0.2) is 0 Å². The molecule has 0 aromatic heterocycles. The predicted molar refractivity (Wildman–Crippen MR) is 52.6 cm³/mol. The van der Waals surface area contributed by atoms with Crippen molar-refractivity contribution >= 4 is 0 Å². The SMILES string of the molecule is C[C@H]1CNC[C@H](c2ccccc2)O1. The molecule has 0 bridgehead atoms. The van der Waals surface area contributed by atoms with E-state index in [-0.39, 0.29) is 6.10 Å². The van der Waals surface area contributed by atoms with E-state index in [1.54, 1.807) is 0 Å². The van der Waals surface area contributed by atoms with Gasteiger partial charge in [0.1, 0.15) is 0 Å². The highest BCUT2D eigenvalue weighted by Gasteiger charge is 2.19. The second-order valence-corrected chi connectivity index (χ2v) is 3.50. The molecule has 70 valence electrons. The summed E-state index contributed by atoms with van der Waals surface area (Å²) in [6.07, 6.45) is 0.545. The summed E-state index contributed by atoms with van der Waals surface area (Å²) in [5.41, 5.74) is 1.27. The van der Waals surface area contributed by atoms with Crippen LogP contribution in [0.1, 0.15) is 18.6 Å². The van der Waals surface area contributed by atoms with Crippen molar-refractivity contribution in [2.24, 2.45) is 0 Å². The molecule has 1 aliphatic rings. The minimum absolute atomic E-state index is 0.227. The number of rotatable bonds is 1.